The zero-order valence-electron chi connectivity index (χ0n) is 23.7. The molecule has 0 spiro atoms. The number of hydrogen-bond donors (Lipinski definition) is 0. The average Bonchev–Trinajstić information content (AvgIpc) is 3.36. The molecule has 4 aromatic rings. The first-order valence-corrected chi connectivity index (χ1v) is 15.4. The third-order valence-corrected chi connectivity index (χ3v) is 8.91. The van der Waals surface area contributed by atoms with E-state index in [4.69, 9.17) is 5.26 Å². The van der Waals surface area contributed by atoms with Gasteiger partial charge in [0.25, 0.3) is 0 Å². The third-order valence-electron chi connectivity index (χ3n) is 7.17. The molecular weight excluding hydrogens is 603 g/mol. The number of halogens is 5. The van der Waals surface area contributed by atoms with Crippen molar-refractivity contribution in [2.45, 2.75) is 45.2 Å². The minimum Gasteiger partial charge on any atom is -0.299 e. The Labute approximate surface area is 250 Å². The lowest BCUT2D eigenvalue weighted by atomic mass is 9.88. The largest absolute Gasteiger partial charge is 0.419 e. The van der Waals surface area contributed by atoms with Crippen LogP contribution >= 0.6 is 0 Å². The van der Waals surface area contributed by atoms with Crippen LogP contribution in [0.25, 0.3) is 17.0 Å². The smallest absolute Gasteiger partial charge is 0.299 e. The zero-order valence-corrected chi connectivity index (χ0v) is 24.5. The molecule has 0 aliphatic carbocycles. The number of nitrogens with zero attached hydrogens (tertiary/aromatic N) is 4. The first-order valence-electron chi connectivity index (χ1n) is 13.5. The van der Waals surface area contributed by atoms with Gasteiger partial charge in [0, 0.05) is 42.5 Å². The maximum Gasteiger partial charge on any atom is 0.419 e. The summed E-state index contributed by atoms with van der Waals surface area (Å²) >= 11 is 0. The molecule has 2 aromatic heterocycles. The second kappa shape index (κ2) is 13.1. The Morgan fingerprint density at radius 1 is 1.14 bits per heavy atom. The van der Waals surface area contributed by atoms with Gasteiger partial charge in [-0.2, -0.15) is 18.4 Å². The van der Waals surface area contributed by atoms with Crippen LogP contribution in [-0.2, 0) is 27.2 Å². The van der Waals surface area contributed by atoms with E-state index in [-0.39, 0.29) is 41.3 Å². The van der Waals surface area contributed by atoms with E-state index in [1.165, 1.54) is 25.3 Å². The van der Waals surface area contributed by atoms with E-state index < -0.39 is 51.3 Å². The molecule has 0 saturated heterocycles. The summed E-state index contributed by atoms with van der Waals surface area (Å²) in [4.78, 5) is 22.1. The van der Waals surface area contributed by atoms with Gasteiger partial charge in [-0.15, -0.1) is 0 Å². The van der Waals surface area contributed by atoms with Crippen LogP contribution in [0, 0.1) is 23.0 Å². The molecule has 230 valence electrons. The van der Waals surface area contributed by atoms with E-state index >= 15 is 0 Å². The fourth-order valence-corrected chi connectivity index (χ4v) is 5.58. The SMILES string of the molecule is CCS(=O)(=O)CC/C=C(/CC(=O)Cc1ccc(F)c(C(F)(F)F)c1)[C@H](C)c1nc2ncccn2c1-c1ccc(C#N)c(F)c1. The number of fused-ring (bicyclic) bond motifs is 1. The fraction of sp³-hybridized carbons (Fsp3) is 0.290. The van der Waals surface area contributed by atoms with Crippen LogP contribution in [-0.4, -0.2) is 40.1 Å². The Morgan fingerprint density at radius 2 is 1.89 bits per heavy atom. The summed E-state index contributed by atoms with van der Waals surface area (Å²) < 4.78 is 94.1. The van der Waals surface area contributed by atoms with E-state index in [0.29, 0.717) is 34.7 Å². The van der Waals surface area contributed by atoms with Gasteiger partial charge in [0.1, 0.15) is 33.3 Å². The molecule has 4 rings (SSSR count). The second-order valence-corrected chi connectivity index (χ2v) is 12.6. The Bertz CT molecular complexity index is 1890. The summed E-state index contributed by atoms with van der Waals surface area (Å²) in [6, 6.07) is 9.82. The third kappa shape index (κ3) is 7.37. The summed E-state index contributed by atoms with van der Waals surface area (Å²) in [5.41, 5.74) is -0.0493. The number of alkyl halides is 3. The molecule has 2 aromatic carbocycles. The lowest BCUT2D eigenvalue weighted by Gasteiger charge is -2.17. The normalized spacial score (nSPS) is 13.2. The van der Waals surface area contributed by atoms with Crippen molar-refractivity contribution in [1.82, 2.24) is 14.4 Å². The highest BCUT2D eigenvalue weighted by Gasteiger charge is 2.34. The summed E-state index contributed by atoms with van der Waals surface area (Å²) in [6.07, 6.45) is -0.812. The van der Waals surface area contributed by atoms with Crippen molar-refractivity contribution in [1.29, 1.82) is 5.26 Å². The monoisotopic (exact) mass is 630 g/mol. The maximum atomic E-state index is 14.7. The van der Waals surface area contributed by atoms with Crippen LogP contribution in [0.15, 0.2) is 66.5 Å². The Morgan fingerprint density at radius 3 is 2.55 bits per heavy atom. The average molecular weight is 631 g/mol. The highest BCUT2D eigenvalue weighted by atomic mass is 32.2. The Hall–Kier alpha value is -4.44. The molecular formula is C31H27F5N4O3S. The molecule has 0 amide bonds. The van der Waals surface area contributed by atoms with Crippen LogP contribution in [0.5, 0.6) is 0 Å². The fourth-order valence-electron chi connectivity index (χ4n) is 4.81. The molecule has 2 heterocycles. The van der Waals surface area contributed by atoms with Gasteiger partial charge in [-0.25, -0.2) is 27.2 Å². The van der Waals surface area contributed by atoms with Crippen molar-refractivity contribution in [3.8, 4) is 17.3 Å². The van der Waals surface area contributed by atoms with Gasteiger partial charge in [-0.05, 0) is 42.3 Å². The first-order chi connectivity index (χ1) is 20.7. The van der Waals surface area contributed by atoms with Gasteiger partial charge in [0.05, 0.1) is 28.3 Å². The minimum atomic E-state index is -4.94. The second-order valence-electron chi connectivity index (χ2n) is 10.2. The number of carbonyl (C=O) groups is 1. The molecule has 0 bridgehead atoms. The molecule has 0 fully saturated rings. The zero-order chi connectivity index (χ0) is 32.2. The molecule has 0 radical (unpaired) electrons. The van der Waals surface area contributed by atoms with Crippen LogP contribution in [0.1, 0.15) is 55.0 Å². The van der Waals surface area contributed by atoms with E-state index in [2.05, 4.69) is 9.97 Å². The van der Waals surface area contributed by atoms with E-state index in [0.717, 1.165) is 6.07 Å². The number of nitriles is 1. The summed E-state index contributed by atoms with van der Waals surface area (Å²) in [5.74, 6) is -3.36. The van der Waals surface area contributed by atoms with E-state index in [9.17, 15) is 35.2 Å². The summed E-state index contributed by atoms with van der Waals surface area (Å²) in [7, 11) is -3.36. The molecule has 0 aliphatic rings. The maximum absolute atomic E-state index is 14.7. The van der Waals surface area contributed by atoms with Crippen LogP contribution in [0.3, 0.4) is 0 Å². The molecule has 7 nitrogen and oxygen atoms in total. The number of Topliss-reactive ketones (excluding diaryl/α,β-unsaturated/α-hetero) is 1. The number of imidazole rings is 1. The quantitative estimate of drug-likeness (QED) is 0.136. The summed E-state index contributed by atoms with van der Waals surface area (Å²) in [6.45, 7) is 3.23. The predicted molar refractivity (Wildman–Crippen MR) is 153 cm³/mol. The van der Waals surface area contributed by atoms with Crippen molar-refractivity contribution in [3.63, 3.8) is 0 Å². The standard InChI is InChI=1S/C31H27F5N4O3S/c1-3-44(42,43)13-4-6-21(16-24(41)14-20-7-10-26(32)25(15-20)31(34,35)36)19(2)28-29(40-12-5-11-38-30(40)39-28)22-8-9-23(18-37)27(33)17-22/h5-12,15,17,19H,3-4,13-14,16H2,1-2H3/b21-6-/t19-/m0/s1. The molecule has 44 heavy (non-hydrogen) atoms. The number of hydrogen-bond acceptors (Lipinski definition) is 6. The van der Waals surface area contributed by atoms with Gasteiger partial charge in [0.2, 0.25) is 5.78 Å². The van der Waals surface area contributed by atoms with Gasteiger partial charge < -0.3 is 0 Å². The van der Waals surface area contributed by atoms with E-state index in [1.54, 1.807) is 41.8 Å². The number of allylic oxidation sites excluding steroid dienone is 2. The molecule has 0 saturated carbocycles. The topological polar surface area (TPSA) is 105 Å². The molecule has 0 unspecified atom stereocenters. The lowest BCUT2D eigenvalue weighted by molar-refractivity contribution is -0.140. The number of aromatic nitrogens is 3. The van der Waals surface area contributed by atoms with Gasteiger partial charge in [-0.1, -0.05) is 37.6 Å². The number of sulfone groups is 1. The van der Waals surface area contributed by atoms with Crippen molar-refractivity contribution < 1.29 is 35.2 Å². The number of ketones is 1. The Balaban J connectivity index is 1.74. The summed E-state index contributed by atoms with van der Waals surface area (Å²) in [5, 5.41) is 9.17. The highest BCUT2D eigenvalue weighted by Crippen LogP contribution is 2.36. The van der Waals surface area contributed by atoms with Crippen LogP contribution in [0.4, 0.5) is 22.0 Å². The minimum absolute atomic E-state index is 0.0324. The van der Waals surface area contributed by atoms with Crippen molar-refractivity contribution >= 4 is 21.4 Å². The van der Waals surface area contributed by atoms with Crippen molar-refractivity contribution in [3.05, 3.63) is 101 Å². The molecule has 13 heteroatoms. The highest BCUT2D eigenvalue weighted by molar-refractivity contribution is 7.91. The molecule has 0 N–H and O–H groups in total. The lowest BCUT2D eigenvalue weighted by Crippen LogP contribution is -2.13. The van der Waals surface area contributed by atoms with Gasteiger partial charge >= 0.3 is 6.18 Å². The first kappa shape index (κ1) is 32.5. The molecule has 0 aliphatic heterocycles. The predicted octanol–water partition coefficient (Wildman–Crippen LogP) is 6.62. The van der Waals surface area contributed by atoms with Crippen molar-refractivity contribution in [2.24, 2.45) is 0 Å². The van der Waals surface area contributed by atoms with Crippen LogP contribution in [0.2, 0.25) is 0 Å². The number of rotatable bonds is 11. The Kier molecular flexibility index (Phi) is 9.63. The van der Waals surface area contributed by atoms with Gasteiger partial charge in [-0.3, -0.25) is 9.20 Å². The van der Waals surface area contributed by atoms with Gasteiger partial charge in [0.15, 0.2) is 0 Å². The molecule has 1 atom stereocenters. The number of carbonyl (C=O) groups excluding carboxylic acids is 1. The van der Waals surface area contributed by atoms with Crippen LogP contribution < -0.4 is 0 Å². The van der Waals surface area contributed by atoms with E-state index in [1.807, 2.05) is 0 Å². The van der Waals surface area contributed by atoms with Crippen molar-refractivity contribution in [2.75, 3.05) is 11.5 Å². The number of benzene rings is 2.